The van der Waals surface area contributed by atoms with Gasteiger partial charge < -0.3 is 14.7 Å². The number of aromatic hydroxyl groups is 1. The van der Waals surface area contributed by atoms with Crippen molar-refractivity contribution in [2.45, 2.75) is 32.9 Å². The van der Waals surface area contributed by atoms with Crippen LogP contribution < -0.4 is 4.74 Å². The van der Waals surface area contributed by atoms with E-state index in [0.717, 1.165) is 26.2 Å². The summed E-state index contributed by atoms with van der Waals surface area (Å²) >= 11 is 3.41. The van der Waals surface area contributed by atoms with Gasteiger partial charge in [-0.25, -0.2) is 0 Å². The Bertz CT molecular complexity index is 482. The SMILES string of the molecule is CCOc1cc(CN2CCN(C)C(CC)C2)cc(Br)c1O. The van der Waals surface area contributed by atoms with Crippen LogP contribution in [0.1, 0.15) is 25.8 Å². The van der Waals surface area contributed by atoms with Crippen LogP contribution in [-0.2, 0) is 6.54 Å². The third kappa shape index (κ3) is 4.11. The number of phenols is 1. The largest absolute Gasteiger partial charge is 0.503 e. The van der Waals surface area contributed by atoms with E-state index in [2.05, 4.69) is 39.7 Å². The van der Waals surface area contributed by atoms with Gasteiger partial charge in [0.05, 0.1) is 11.1 Å². The number of piperazine rings is 1. The van der Waals surface area contributed by atoms with Crippen LogP contribution >= 0.6 is 15.9 Å². The van der Waals surface area contributed by atoms with E-state index >= 15 is 0 Å². The number of ether oxygens (including phenoxy) is 1. The van der Waals surface area contributed by atoms with E-state index in [1.54, 1.807) is 0 Å². The minimum Gasteiger partial charge on any atom is -0.503 e. The van der Waals surface area contributed by atoms with Crippen molar-refractivity contribution in [3.05, 3.63) is 22.2 Å². The number of likely N-dealkylation sites (N-methyl/N-ethyl adjacent to an activating group) is 1. The van der Waals surface area contributed by atoms with Gasteiger partial charge in [0.25, 0.3) is 0 Å². The number of rotatable bonds is 5. The molecule has 0 aromatic heterocycles. The summed E-state index contributed by atoms with van der Waals surface area (Å²) in [4.78, 5) is 4.91. The maximum absolute atomic E-state index is 9.98. The highest BCUT2D eigenvalue weighted by atomic mass is 79.9. The van der Waals surface area contributed by atoms with Crippen LogP contribution in [0.25, 0.3) is 0 Å². The van der Waals surface area contributed by atoms with E-state index in [4.69, 9.17) is 4.74 Å². The van der Waals surface area contributed by atoms with Gasteiger partial charge in [-0.3, -0.25) is 4.90 Å². The molecule has 1 N–H and O–H groups in total. The van der Waals surface area contributed by atoms with Crippen molar-refractivity contribution in [3.63, 3.8) is 0 Å². The second-order valence-electron chi connectivity index (χ2n) is 5.64. The molecule has 1 unspecified atom stereocenters. The van der Waals surface area contributed by atoms with Crippen molar-refractivity contribution in [2.75, 3.05) is 33.3 Å². The minimum atomic E-state index is 0.186. The molecule has 21 heavy (non-hydrogen) atoms. The standard InChI is InChI=1S/C16H25BrN2O2/c1-4-13-11-19(7-6-18(13)3)10-12-8-14(17)16(20)15(9-12)21-5-2/h8-9,13,20H,4-7,10-11H2,1-3H3. The maximum atomic E-state index is 9.98. The monoisotopic (exact) mass is 356 g/mol. The Hall–Kier alpha value is -0.780. The molecule has 1 aliphatic rings. The predicted molar refractivity (Wildman–Crippen MR) is 89.0 cm³/mol. The van der Waals surface area contributed by atoms with Gasteiger partial charge in [0.15, 0.2) is 11.5 Å². The number of halogens is 1. The molecular weight excluding hydrogens is 332 g/mol. The Balaban J connectivity index is 2.09. The topological polar surface area (TPSA) is 35.9 Å². The number of hydrogen-bond acceptors (Lipinski definition) is 4. The summed E-state index contributed by atoms with van der Waals surface area (Å²) in [6, 6.07) is 4.56. The zero-order valence-electron chi connectivity index (χ0n) is 13.1. The van der Waals surface area contributed by atoms with Crippen LogP contribution in [0.5, 0.6) is 11.5 Å². The lowest BCUT2D eigenvalue weighted by Gasteiger charge is -2.39. The fourth-order valence-electron chi connectivity index (χ4n) is 2.84. The van der Waals surface area contributed by atoms with Gasteiger partial charge >= 0.3 is 0 Å². The molecule has 2 rings (SSSR count). The third-order valence-corrected chi connectivity index (χ3v) is 4.73. The molecule has 1 aromatic rings. The maximum Gasteiger partial charge on any atom is 0.172 e. The number of benzene rings is 1. The van der Waals surface area contributed by atoms with Gasteiger partial charge in [-0.05, 0) is 54.0 Å². The second kappa shape index (κ2) is 7.47. The number of phenolic OH excluding ortho intramolecular Hbond substituents is 1. The summed E-state index contributed by atoms with van der Waals surface area (Å²) in [6.07, 6.45) is 1.18. The summed E-state index contributed by atoms with van der Waals surface area (Å²) in [6.45, 7) is 8.89. The highest BCUT2D eigenvalue weighted by molar-refractivity contribution is 9.10. The average molecular weight is 357 g/mol. The van der Waals surface area contributed by atoms with Crippen LogP contribution in [0, 0.1) is 0 Å². The molecule has 1 saturated heterocycles. The third-order valence-electron chi connectivity index (χ3n) is 4.13. The van der Waals surface area contributed by atoms with Crippen LogP contribution in [0.2, 0.25) is 0 Å². The molecule has 0 spiro atoms. The van der Waals surface area contributed by atoms with Crippen molar-refractivity contribution in [2.24, 2.45) is 0 Å². The van der Waals surface area contributed by atoms with E-state index < -0.39 is 0 Å². The minimum absolute atomic E-state index is 0.186. The van der Waals surface area contributed by atoms with E-state index in [9.17, 15) is 5.11 Å². The molecule has 118 valence electrons. The summed E-state index contributed by atoms with van der Waals surface area (Å²) in [5.41, 5.74) is 1.17. The molecule has 0 radical (unpaired) electrons. The molecule has 1 atom stereocenters. The molecule has 0 amide bonds. The van der Waals surface area contributed by atoms with Crippen molar-refractivity contribution < 1.29 is 9.84 Å². The summed E-state index contributed by atoms with van der Waals surface area (Å²) in [7, 11) is 2.20. The molecule has 1 heterocycles. The molecule has 0 saturated carbocycles. The lowest BCUT2D eigenvalue weighted by molar-refractivity contribution is 0.0883. The Morgan fingerprint density at radius 1 is 1.33 bits per heavy atom. The molecule has 1 aliphatic heterocycles. The van der Waals surface area contributed by atoms with Gasteiger partial charge in [-0.15, -0.1) is 0 Å². The quantitative estimate of drug-likeness (QED) is 0.879. The van der Waals surface area contributed by atoms with Crippen LogP contribution in [-0.4, -0.2) is 54.2 Å². The highest BCUT2D eigenvalue weighted by Crippen LogP contribution is 2.36. The Morgan fingerprint density at radius 3 is 2.76 bits per heavy atom. The zero-order valence-corrected chi connectivity index (χ0v) is 14.7. The first-order valence-electron chi connectivity index (χ1n) is 7.61. The summed E-state index contributed by atoms with van der Waals surface area (Å²) < 4.78 is 6.20. The Morgan fingerprint density at radius 2 is 2.10 bits per heavy atom. The summed E-state index contributed by atoms with van der Waals surface area (Å²) in [5, 5.41) is 9.98. The predicted octanol–water partition coefficient (Wildman–Crippen LogP) is 3.08. The fourth-order valence-corrected chi connectivity index (χ4v) is 3.33. The van der Waals surface area contributed by atoms with Crippen molar-refractivity contribution >= 4 is 15.9 Å². The van der Waals surface area contributed by atoms with Gasteiger partial charge in [0, 0.05) is 32.2 Å². The summed E-state index contributed by atoms with van der Waals surface area (Å²) in [5.74, 6) is 0.744. The molecular formula is C16H25BrN2O2. The van der Waals surface area contributed by atoms with Gasteiger partial charge in [0.2, 0.25) is 0 Å². The normalized spacial score (nSPS) is 20.7. The van der Waals surface area contributed by atoms with Crippen LogP contribution in [0.15, 0.2) is 16.6 Å². The van der Waals surface area contributed by atoms with Gasteiger partial charge in [-0.2, -0.15) is 0 Å². The molecule has 0 bridgehead atoms. The second-order valence-corrected chi connectivity index (χ2v) is 6.49. The van der Waals surface area contributed by atoms with E-state index in [-0.39, 0.29) is 5.75 Å². The van der Waals surface area contributed by atoms with Gasteiger partial charge in [0.1, 0.15) is 0 Å². The molecule has 4 nitrogen and oxygen atoms in total. The zero-order chi connectivity index (χ0) is 15.4. The first-order valence-corrected chi connectivity index (χ1v) is 8.41. The Kier molecular flexibility index (Phi) is 5.90. The number of nitrogens with zero attached hydrogens (tertiary/aromatic N) is 2. The van der Waals surface area contributed by atoms with Gasteiger partial charge in [-0.1, -0.05) is 6.92 Å². The van der Waals surface area contributed by atoms with Crippen LogP contribution in [0.4, 0.5) is 0 Å². The lowest BCUT2D eigenvalue weighted by Crippen LogP contribution is -2.50. The lowest BCUT2D eigenvalue weighted by atomic mass is 10.1. The average Bonchev–Trinajstić information content (AvgIpc) is 2.46. The molecule has 5 heteroatoms. The smallest absolute Gasteiger partial charge is 0.172 e. The van der Waals surface area contributed by atoms with Crippen LogP contribution in [0.3, 0.4) is 0 Å². The molecule has 1 fully saturated rings. The highest BCUT2D eigenvalue weighted by Gasteiger charge is 2.23. The van der Waals surface area contributed by atoms with E-state index in [0.29, 0.717) is 22.9 Å². The van der Waals surface area contributed by atoms with Crippen molar-refractivity contribution in [1.82, 2.24) is 9.80 Å². The first-order chi connectivity index (χ1) is 10.0. The molecule has 1 aromatic carbocycles. The van der Waals surface area contributed by atoms with E-state index in [1.807, 2.05) is 19.1 Å². The first kappa shape index (κ1) is 16.6. The Labute approximate surface area is 135 Å². The fraction of sp³-hybridized carbons (Fsp3) is 0.625. The number of hydrogen-bond donors (Lipinski definition) is 1. The molecule has 0 aliphatic carbocycles. The van der Waals surface area contributed by atoms with Crippen molar-refractivity contribution in [3.8, 4) is 11.5 Å². The van der Waals surface area contributed by atoms with Crippen molar-refractivity contribution in [1.29, 1.82) is 0 Å². The van der Waals surface area contributed by atoms with E-state index in [1.165, 1.54) is 12.0 Å².